The van der Waals surface area contributed by atoms with Crippen LogP contribution in [0, 0.1) is 0 Å². The van der Waals surface area contributed by atoms with Gasteiger partial charge in [-0.15, -0.1) is 0 Å². The highest BCUT2D eigenvalue weighted by molar-refractivity contribution is 6.42. The van der Waals surface area contributed by atoms with E-state index in [9.17, 15) is 4.79 Å². The predicted molar refractivity (Wildman–Crippen MR) is 87.8 cm³/mol. The molecule has 1 saturated carbocycles. The summed E-state index contributed by atoms with van der Waals surface area (Å²) in [5.41, 5.74) is 1.00. The Kier molecular flexibility index (Phi) is 5.91. The van der Waals surface area contributed by atoms with Gasteiger partial charge in [0.25, 0.3) is 0 Å². The third kappa shape index (κ3) is 5.17. The lowest BCUT2D eigenvalue weighted by Crippen LogP contribution is -2.38. The summed E-state index contributed by atoms with van der Waals surface area (Å²) in [4.78, 5) is 14.3. The summed E-state index contributed by atoms with van der Waals surface area (Å²) in [6, 6.07) is 6.32. The summed E-state index contributed by atoms with van der Waals surface area (Å²) in [6.07, 6.45) is 3.02. The second-order valence-electron chi connectivity index (χ2n) is 5.84. The van der Waals surface area contributed by atoms with Crippen LogP contribution in [0.15, 0.2) is 18.2 Å². The quantitative estimate of drug-likeness (QED) is 0.823. The molecule has 1 aromatic carbocycles. The van der Waals surface area contributed by atoms with Crippen LogP contribution in [0.3, 0.4) is 0 Å². The van der Waals surface area contributed by atoms with E-state index in [0.29, 0.717) is 29.1 Å². The highest BCUT2D eigenvalue weighted by Gasteiger charge is 2.22. The number of halogens is 2. The number of rotatable bonds is 7. The highest BCUT2D eigenvalue weighted by atomic mass is 35.5. The van der Waals surface area contributed by atoms with Crippen molar-refractivity contribution >= 4 is 29.1 Å². The molecule has 5 heteroatoms. The van der Waals surface area contributed by atoms with Gasteiger partial charge in [0.05, 0.1) is 10.0 Å². The summed E-state index contributed by atoms with van der Waals surface area (Å²) >= 11 is 12.0. The molecule has 0 bridgehead atoms. The minimum atomic E-state index is 0.160. The van der Waals surface area contributed by atoms with Crippen molar-refractivity contribution in [3.8, 4) is 0 Å². The van der Waals surface area contributed by atoms with Crippen molar-refractivity contribution in [1.82, 2.24) is 10.2 Å². The molecule has 21 heavy (non-hydrogen) atoms. The number of hydrogen-bond acceptors (Lipinski definition) is 2. The number of nitrogens with zero attached hydrogens (tertiary/aromatic N) is 1. The first-order chi connectivity index (χ1) is 9.97. The lowest BCUT2D eigenvalue weighted by Gasteiger charge is -2.27. The number of carbonyl (C=O) groups is 1. The van der Waals surface area contributed by atoms with Crippen molar-refractivity contribution in [1.29, 1.82) is 0 Å². The van der Waals surface area contributed by atoms with Gasteiger partial charge in [0.15, 0.2) is 0 Å². The van der Waals surface area contributed by atoms with Crippen LogP contribution in [0.5, 0.6) is 0 Å². The molecule has 2 rings (SSSR count). The fourth-order valence-corrected chi connectivity index (χ4v) is 2.53. The molecule has 3 nitrogen and oxygen atoms in total. The van der Waals surface area contributed by atoms with Gasteiger partial charge in [-0.05, 0) is 44.4 Å². The number of benzene rings is 1. The smallest absolute Gasteiger partial charge is 0.224 e. The average Bonchev–Trinajstić information content (AvgIpc) is 3.23. The normalized spacial score (nSPS) is 14.5. The average molecular weight is 329 g/mol. The van der Waals surface area contributed by atoms with E-state index in [2.05, 4.69) is 5.32 Å². The monoisotopic (exact) mass is 328 g/mol. The molecule has 0 radical (unpaired) electrons. The summed E-state index contributed by atoms with van der Waals surface area (Å²) < 4.78 is 0. The molecule has 1 fully saturated rings. The Morgan fingerprint density at radius 3 is 2.62 bits per heavy atom. The van der Waals surface area contributed by atoms with Crippen LogP contribution in [0.4, 0.5) is 0 Å². The summed E-state index contributed by atoms with van der Waals surface area (Å²) in [5.74, 6) is 0.171. The molecular formula is C16H22Cl2N2O. The summed E-state index contributed by atoms with van der Waals surface area (Å²) in [5, 5.41) is 4.44. The summed E-state index contributed by atoms with van der Waals surface area (Å²) in [7, 11) is 0. The molecule has 0 aromatic heterocycles. The maximum Gasteiger partial charge on any atom is 0.224 e. The zero-order chi connectivity index (χ0) is 15.4. The summed E-state index contributed by atoms with van der Waals surface area (Å²) in [6.45, 7) is 5.39. The Hall–Kier alpha value is -0.770. The van der Waals surface area contributed by atoms with Gasteiger partial charge in [-0.25, -0.2) is 0 Å². The number of amides is 1. The van der Waals surface area contributed by atoms with Gasteiger partial charge in [0.2, 0.25) is 5.91 Å². The third-order valence-electron chi connectivity index (χ3n) is 3.63. The van der Waals surface area contributed by atoms with Crippen molar-refractivity contribution < 1.29 is 4.79 Å². The fourth-order valence-electron chi connectivity index (χ4n) is 2.21. The van der Waals surface area contributed by atoms with Crippen molar-refractivity contribution in [2.24, 2.45) is 0 Å². The molecule has 0 saturated heterocycles. The van der Waals surface area contributed by atoms with Crippen molar-refractivity contribution in [2.45, 2.75) is 51.7 Å². The first-order valence-electron chi connectivity index (χ1n) is 7.44. The SMILES string of the molecule is CC(C)N(Cc1ccc(Cl)c(Cl)c1)C(=O)CCNC1CC1. The van der Waals surface area contributed by atoms with E-state index < -0.39 is 0 Å². The van der Waals surface area contributed by atoms with E-state index >= 15 is 0 Å². The van der Waals surface area contributed by atoms with Gasteiger partial charge in [0, 0.05) is 31.6 Å². The molecule has 1 amide bonds. The molecule has 1 aliphatic carbocycles. The van der Waals surface area contributed by atoms with Crippen molar-refractivity contribution in [2.75, 3.05) is 6.54 Å². The van der Waals surface area contributed by atoms with Gasteiger partial charge in [-0.3, -0.25) is 4.79 Å². The van der Waals surface area contributed by atoms with Crippen molar-refractivity contribution in [3.63, 3.8) is 0 Å². The predicted octanol–water partition coefficient (Wildman–Crippen LogP) is 3.87. The van der Waals surface area contributed by atoms with Crippen LogP contribution in [-0.2, 0) is 11.3 Å². The zero-order valence-electron chi connectivity index (χ0n) is 12.5. The molecule has 0 unspecified atom stereocenters. The maximum absolute atomic E-state index is 12.4. The van der Waals surface area contributed by atoms with E-state index in [1.807, 2.05) is 30.9 Å². The van der Waals surface area contributed by atoms with E-state index in [4.69, 9.17) is 23.2 Å². The van der Waals surface area contributed by atoms with Crippen LogP contribution >= 0.6 is 23.2 Å². The van der Waals surface area contributed by atoms with Gasteiger partial charge < -0.3 is 10.2 Å². The molecule has 1 aromatic rings. The van der Waals surface area contributed by atoms with Gasteiger partial charge in [-0.2, -0.15) is 0 Å². The number of hydrogen-bond donors (Lipinski definition) is 1. The third-order valence-corrected chi connectivity index (χ3v) is 4.37. The molecular weight excluding hydrogens is 307 g/mol. The highest BCUT2D eigenvalue weighted by Crippen LogP contribution is 2.24. The topological polar surface area (TPSA) is 32.3 Å². The maximum atomic E-state index is 12.4. The van der Waals surface area contributed by atoms with Crippen LogP contribution in [-0.4, -0.2) is 29.4 Å². The molecule has 1 aliphatic rings. The second kappa shape index (κ2) is 7.48. The first kappa shape index (κ1) is 16.6. The molecule has 0 atom stereocenters. The molecule has 116 valence electrons. The van der Waals surface area contributed by atoms with E-state index in [0.717, 1.165) is 12.1 Å². The van der Waals surface area contributed by atoms with Crippen molar-refractivity contribution in [3.05, 3.63) is 33.8 Å². The number of nitrogens with one attached hydrogen (secondary N) is 1. The molecule has 0 heterocycles. The Morgan fingerprint density at radius 1 is 1.33 bits per heavy atom. The van der Waals surface area contributed by atoms with Gasteiger partial charge in [-0.1, -0.05) is 29.3 Å². The lowest BCUT2D eigenvalue weighted by molar-refractivity contribution is -0.133. The van der Waals surface area contributed by atoms with Gasteiger partial charge >= 0.3 is 0 Å². The largest absolute Gasteiger partial charge is 0.336 e. The van der Waals surface area contributed by atoms with Crippen LogP contribution in [0.2, 0.25) is 10.0 Å². The van der Waals surface area contributed by atoms with Crippen LogP contribution < -0.4 is 5.32 Å². The standard InChI is InChI=1S/C16H22Cl2N2O/c1-11(2)20(16(21)7-8-19-13-4-5-13)10-12-3-6-14(17)15(18)9-12/h3,6,9,11,13,19H,4-5,7-8,10H2,1-2H3. The minimum Gasteiger partial charge on any atom is -0.336 e. The Labute approximate surface area is 136 Å². The second-order valence-corrected chi connectivity index (χ2v) is 6.66. The Bertz CT molecular complexity index is 501. The lowest BCUT2D eigenvalue weighted by atomic mass is 10.1. The van der Waals surface area contributed by atoms with Crippen LogP contribution in [0.1, 0.15) is 38.7 Å². The zero-order valence-corrected chi connectivity index (χ0v) is 14.0. The van der Waals surface area contributed by atoms with E-state index in [1.54, 1.807) is 6.07 Å². The molecule has 1 N–H and O–H groups in total. The van der Waals surface area contributed by atoms with E-state index in [1.165, 1.54) is 12.8 Å². The van der Waals surface area contributed by atoms with Gasteiger partial charge in [0.1, 0.15) is 0 Å². The Balaban J connectivity index is 1.93. The Morgan fingerprint density at radius 2 is 2.05 bits per heavy atom. The first-order valence-corrected chi connectivity index (χ1v) is 8.19. The van der Waals surface area contributed by atoms with Crippen LogP contribution in [0.25, 0.3) is 0 Å². The fraction of sp³-hybridized carbons (Fsp3) is 0.562. The minimum absolute atomic E-state index is 0.160. The molecule has 0 spiro atoms. The molecule has 0 aliphatic heterocycles. The number of carbonyl (C=O) groups excluding carboxylic acids is 1. The van der Waals surface area contributed by atoms with E-state index in [-0.39, 0.29) is 11.9 Å².